The minimum atomic E-state index is -4.95. The maximum atomic E-state index is 13.0. The summed E-state index contributed by atoms with van der Waals surface area (Å²) < 4.78 is 68.1. The van der Waals surface area contributed by atoms with E-state index in [9.17, 15) is 43.2 Å². The fourth-order valence-corrected chi connectivity index (χ4v) is 11.7. The highest BCUT2D eigenvalue weighted by Crippen LogP contribution is 2.45. The number of rotatable bonds is 65. The zero-order valence-corrected chi connectivity index (χ0v) is 58.4. The van der Waals surface area contributed by atoms with E-state index in [2.05, 4.69) is 55.4 Å². The van der Waals surface area contributed by atoms with Gasteiger partial charge in [-0.2, -0.15) is 0 Å². The highest BCUT2D eigenvalue weighted by atomic mass is 31.2. The molecule has 0 saturated carbocycles. The summed E-state index contributed by atoms with van der Waals surface area (Å²) in [5, 5.41) is 10.6. The number of phosphoric ester groups is 2. The van der Waals surface area contributed by atoms with E-state index >= 15 is 0 Å². The van der Waals surface area contributed by atoms with Crippen LogP contribution in [-0.2, 0) is 65.4 Å². The van der Waals surface area contributed by atoms with Crippen molar-refractivity contribution in [2.75, 3.05) is 39.6 Å². The van der Waals surface area contributed by atoms with Gasteiger partial charge in [0.25, 0.3) is 0 Å². The Morgan fingerprint density at radius 3 is 0.816 bits per heavy atom. The number of phosphoric acid groups is 2. The summed E-state index contributed by atoms with van der Waals surface area (Å²) in [7, 11) is -9.89. The zero-order chi connectivity index (χ0) is 64.7. The second-order valence-corrected chi connectivity index (χ2v) is 28.9. The maximum Gasteiger partial charge on any atom is 0.472 e. The number of hydrogen-bond donors (Lipinski definition) is 3. The van der Waals surface area contributed by atoms with Crippen LogP contribution in [0.1, 0.15) is 331 Å². The lowest BCUT2D eigenvalue weighted by Gasteiger charge is -2.21. The number of aliphatic hydroxyl groups excluding tert-OH is 1. The fraction of sp³-hybridized carbons (Fsp3) is 0.941. The first-order valence-corrected chi connectivity index (χ1v) is 38.3. The SMILES string of the molecule is CCC(C)CCCCCCCCC(=O)OC[C@H](COP(=O)(O)OC[C@H](O)COP(=O)(O)OC[C@@H](COC(=O)CCCCCCCCCCCCCCCCCC(C)C)OC(=O)CCCCCCCCC(C)CC)OC(=O)CCCCCCCCC(C)C. The molecule has 0 aliphatic heterocycles. The molecule has 0 radical (unpaired) electrons. The van der Waals surface area contributed by atoms with Crippen molar-refractivity contribution in [3.63, 3.8) is 0 Å². The van der Waals surface area contributed by atoms with E-state index in [0.29, 0.717) is 31.6 Å². The number of unbranched alkanes of at least 4 members (excludes halogenated alkanes) is 29. The lowest BCUT2D eigenvalue weighted by molar-refractivity contribution is -0.161. The van der Waals surface area contributed by atoms with E-state index in [4.69, 9.17) is 37.0 Å². The summed E-state index contributed by atoms with van der Waals surface area (Å²) in [5.41, 5.74) is 0. The van der Waals surface area contributed by atoms with Crippen molar-refractivity contribution in [1.29, 1.82) is 0 Å². The van der Waals surface area contributed by atoms with Crippen molar-refractivity contribution < 1.29 is 80.2 Å². The van der Waals surface area contributed by atoms with Gasteiger partial charge in [-0.25, -0.2) is 9.13 Å². The highest BCUT2D eigenvalue weighted by Gasteiger charge is 2.30. The Labute approximate surface area is 530 Å². The molecule has 0 rings (SSSR count). The second-order valence-electron chi connectivity index (χ2n) is 26.0. The smallest absolute Gasteiger partial charge is 0.462 e. The Hall–Kier alpha value is -1.94. The van der Waals surface area contributed by atoms with Gasteiger partial charge in [0.1, 0.15) is 19.3 Å². The molecule has 0 amide bonds. The van der Waals surface area contributed by atoms with Crippen LogP contribution in [0.5, 0.6) is 0 Å². The number of aliphatic hydroxyl groups is 1. The van der Waals surface area contributed by atoms with Crippen LogP contribution in [0, 0.1) is 23.7 Å². The summed E-state index contributed by atoms with van der Waals surface area (Å²) in [6.07, 6.45) is 39.3. The quantitative estimate of drug-likeness (QED) is 0.0222. The summed E-state index contributed by atoms with van der Waals surface area (Å²) >= 11 is 0. The molecule has 0 aromatic carbocycles. The summed E-state index contributed by atoms with van der Waals surface area (Å²) in [5.74, 6) is 0.786. The average Bonchev–Trinajstić information content (AvgIpc) is 3.69. The van der Waals surface area contributed by atoms with Crippen LogP contribution >= 0.6 is 15.6 Å². The number of carbonyl (C=O) groups is 4. The third kappa shape index (κ3) is 60.1. The van der Waals surface area contributed by atoms with E-state index in [-0.39, 0.29) is 25.7 Å². The van der Waals surface area contributed by atoms with Gasteiger partial charge in [-0.1, -0.05) is 280 Å². The van der Waals surface area contributed by atoms with E-state index in [0.717, 1.165) is 114 Å². The molecular formula is C68H132O17P2. The van der Waals surface area contributed by atoms with Crippen molar-refractivity contribution in [2.24, 2.45) is 23.7 Å². The van der Waals surface area contributed by atoms with Crippen LogP contribution in [0.15, 0.2) is 0 Å². The summed E-state index contributed by atoms with van der Waals surface area (Å²) in [6, 6.07) is 0. The molecule has 19 heteroatoms. The third-order valence-corrected chi connectivity index (χ3v) is 18.2. The van der Waals surface area contributed by atoms with Gasteiger partial charge < -0.3 is 33.8 Å². The molecule has 7 atom stereocenters. The summed E-state index contributed by atoms with van der Waals surface area (Å²) in [4.78, 5) is 72.3. The van der Waals surface area contributed by atoms with Gasteiger partial charge in [0.2, 0.25) is 0 Å². The van der Waals surface area contributed by atoms with Gasteiger partial charge in [0.05, 0.1) is 26.4 Å². The zero-order valence-electron chi connectivity index (χ0n) is 56.6. The Kier molecular flexibility index (Phi) is 56.6. The maximum absolute atomic E-state index is 13.0. The Balaban J connectivity index is 5.18. The normalized spacial score (nSPS) is 15.0. The molecule has 3 N–H and O–H groups in total. The molecule has 516 valence electrons. The Morgan fingerprint density at radius 2 is 0.552 bits per heavy atom. The molecule has 0 aromatic rings. The van der Waals surface area contributed by atoms with Gasteiger partial charge in [0.15, 0.2) is 12.2 Å². The first-order chi connectivity index (χ1) is 41.7. The molecule has 0 saturated heterocycles. The largest absolute Gasteiger partial charge is 0.472 e. The highest BCUT2D eigenvalue weighted by molar-refractivity contribution is 7.47. The monoisotopic (exact) mass is 1280 g/mol. The molecule has 0 bridgehead atoms. The summed E-state index contributed by atoms with van der Waals surface area (Å²) in [6.45, 7) is 14.0. The van der Waals surface area contributed by atoms with E-state index in [1.807, 2.05) is 0 Å². The van der Waals surface area contributed by atoms with Crippen molar-refractivity contribution >= 4 is 39.5 Å². The molecular weight excluding hydrogens is 1150 g/mol. The number of carbonyl (C=O) groups excluding carboxylic acids is 4. The molecule has 0 heterocycles. The van der Waals surface area contributed by atoms with E-state index in [1.54, 1.807) is 0 Å². The van der Waals surface area contributed by atoms with Crippen LogP contribution in [0.2, 0.25) is 0 Å². The lowest BCUT2D eigenvalue weighted by atomic mass is 10.00. The molecule has 0 aromatic heterocycles. The second kappa shape index (κ2) is 57.9. The van der Waals surface area contributed by atoms with Gasteiger partial charge in [-0.05, 0) is 49.4 Å². The van der Waals surface area contributed by atoms with Crippen molar-refractivity contribution in [3.8, 4) is 0 Å². The predicted molar refractivity (Wildman–Crippen MR) is 349 cm³/mol. The van der Waals surface area contributed by atoms with Crippen LogP contribution < -0.4 is 0 Å². The molecule has 4 unspecified atom stereocenters. The van der Waals surface area contributed by atoms with E-state index < -0.39 is 97.5 Å². The molecule has 87 heavy (non-hydrogen) atoms. The first-order valence-electron chi connectivity index (χ1n) is 35.3. The molecule has 0 aliphatic rings. The molecule has 0 spiro atoms. The number of esters is 4. The number of hydrogen-bond acceptors (Lipinski definition) is 15. The molecule has 17 nitrogen and oxygen atoms in total. The van der Waals surface area contributed by atoms with Crippen LogP contribution in [0.4, 0.5) is 0 Å². The predicted octanol–water partition coefficient (Wildman–Crippen LogP) is 18.9. The van der Waals surface area contributed by atoms with Crippen LogP contribution in [0.3, 0.4) is 0 Å². The number of ether oxygens (including phenoxy) is 4. The van der Waals surface area contributed by atoms with Gasteiger partial charge in [-0.3, -0.25) is 37.3 Å². The van der Waals surface area contributed by atoms with E-state index in [1.165, 1.54) is 128 Å². The Morgan fingerprint density at radius 1 is 0.322 bits per heavy atom. The van der Waals surface area contributed by atoms with Crippen LogP contribution in [-0.4, -0.2) is 96.7 Å². The van der Waals surface area contributed by atoms with Gasteiger partial charge in [0, 0.05) is 25.7 Å². The lowest BCUT2D eigenvalue weighted by Crippen LogP contribution is -2.30. The minimum Gasteiger partial charge on any atom is -0.462 e. The Bertz CT molecular complexity index is 1730. The first kappa shape index (κ1) is 85.1. The van der Waals surface area contributed by atoms with Crippen molar-refractivity contribution in [1.82, 2.24) is 0 Å². The average molecular weight is 1280 g/mol. The molecule has 0 aliphatic carbocycles. The third-order valence-electron chi connectivity index (χ3n) is 16.3. The topological polar surface area (TPSA) is 237 Å². The van der Waals surface area contributed by atoms with Gasteiger partial charge >= 0.3 is 39.5 Å². The minimum absolute atomic E-state index is 0.101. The molecule has 0 fully saturated rings. The van der Waals surface area contributed by atoms with Crippen molar-refractivity contribution in [3.05, 3.63) is 0 Å². The van der Waals surface area contributed by atoms with Crippen LogP contribution in [0.25, 0.3) is 0 Å². The standard InChI is InChI=1S/C68H132O17P2/c1-9-60(7)46-38-30-23-26-33-41-49-66(71)79-55-64(84-67(72)50-42-34-25-22-29-37-45-59(5)6)57-83-87(76,77)81-53-62(69)52-80-86(74,75)82-56-63(85-68(73)51-43-35-27-24-31-39-47-61(8)10-2)54-78-65(70)48-40-32-21-19-17-15-13-11-12-14-16-18-20-28-36-44-58(3)4/h58-64,69H,9-57H2,1-8H3,(H,74,75)(H,76,77)/t60?,61?,62-,63-,64-/m1/s1. The fourth-order valence-electron chi connectivity index (χ4n) is 10.1. The van der Waals surface area contributed by atoms with Crippen molar-refractivity contribution in [2.45, 2.75) is 350 Å². The van der Waals surface area contributed by atoms with Gasteiger partial charge in [-0.15, -0.1) is 0 Å².